The number of thioether (sulfide) groups is 1. The number of halogens is 1. The SMILES string of the molecule is CSCCOc1ccc(C)nc1CBr. The van der Waals surface area contributed by atoms with Gasteiger partial charge in [-0.3, -0.25) is 4.98 Å². The number of hydrogen-bond acceptors (Lipinski definition) is 3. The van der Waals surface area contributed by atoms with Crippen molar-refractivity contribution in [3.8, 4) is 5.75 Å². The third-order valence-corrected chi connectivity index (χ3v) is 2.85. The minimum atomic E-state index is 0.739. The van der Waals surface area contributed by atoms with Crippen LogP contribution in [0.5, 0.6) is 5.75 Å². The van der Waals surface area contributed by atoms with E-state index in [1.165, 1.54) is 0 Å². The molecule has 0 spiro atoms. The number of pyridine rings is 1. The van der Waals surface area contributed by atoms with Crippen molar-refractivity contribution in [3.05, 3.63) is 23.5 Å². The average Bonchev–Trinajstić information content (AvgIpc) is 2.20. The summed E-state index contributed by atoms with van der Waals surface area (Å²) in [4.78, 5) is 4.39. The highest BCUT2D eigenvalue weighted by Crippen LogP contribution is 2.19. The quantitative estimate of drug-likeness (QED) is 0.609. The molecular weight excluding hydrogens is 262 g/mol. The molecule has 0 saturated heterocycles. The first-order valence-corrected chi connectivity index (χ1v) is 6.93. The van der Waals surface area contributed by atoms with Crippen LogP contribution in [-0.4, -0.2) is 23.6 Å². The molecule has 0 N–H and O–H groups in total. The molecule has 0 saturated carbocycles. The maximum atomic E-state index is 5.61. The lowest BCUT2D eigenvalue weighted by molar-refractivity contribution is 0.339. The Kier molecular flexibility index (Phi) is 5.33. The van der Waals surface area contributed by atoms with E-state index in [-0.39, 0.29) is 0 Å². The number of rotatable bonds is 5. The van der Waals surface area contributed by atoms with Crippen LogP contribution < -0.4 is 4.74 Å². The molecule has 0 unspecified atom stereocenters. The fourth-order valence-electron chi connectivity index (χ4n) is 1.06. The van der Waals surface area contributed by atoms with Gasteiger partial charge >= 0.3 is 0 Å². The Morgan fingerprint density at radius 2 is 2.29 bits per heavy atom. The average molecular weight is 276 g/mol. The molecule has 0 amide bonds. The molecule has 1 heterocycles. The van der Waals surface area contributed by atoms with Crippen LogP contribution in [0, 0.1) is 6.92 Å². The highest BCUT2D eigenvalue weighted by Gasteiger charge is 2.03. The van der Waals surface area contributed by atoms with Crippen LogP contribution in [0.25, 0.3) is 0 Å². The van der Waals surface area contributed by atoms with Crippen molar-refractivity contribution in [2.24, 2.45) is 0 Å². The van der Waals surface area contributed by atoms with Crippen molar-refractivity contribution in [2.75, 3.05) is 18.6 Å². The van der Waals surface area contributed by atoms with Gasteiger partial charge in [-0.1, -0.05) is 15.9 Å². The lowest BCUT2D eigenvalue weighted by Gasteiger charge is -2.09. The lowest BCUT2D eigenvalue weighted by Crippen LogP contribution is -2.03. The van der Waals surface area contributed by atoms with Gasteiger partial charge in [0.1, 0.15) is 5.75 Å². The Balaban J connectivity index is 2.65. The maximum Gasteiger partial charge on any atom is 0.141 e. The molecule has 0 aliphatic carbocycles. The molecule has 0 radical (unpaired) electrons. The van der Waals surface area contributed by atoms with Crippen molar-refractivity contribution in [1.29, 1.82) is 0 Å². The van der Waals surface area contributed by atoms with Crippen LogP contribution in [0.1, 0.15) is 11.4 Å². The lowest BCUT2D eigenvalue weighted by atomic mass is 10.3. The Labute approximate surface area is 97.6 Å². The largest absolute Gasteiger partial charge is 0.491 e. The second-order valence-corrected chi connectivity index (χ2v) is 4.42. The van der Waals surface area contributed by atoms with Crippen LogP contribution in [0.4, 0.5) is 0 Å². The van der Waals surface area contributed by atoms with E-state index in [1.54, 1.807) is 11.8 Å². The Bertz CT molecular complexity index is 293. The van der Waals surface area contributed by atoms with Gasteiger partial charge in [-0.25, -0.2) is 0 Å². The van der Waals surface area contributed by atoms with Crippen LogP contribution in [0.2, 0.25) is 0 Å². The van der Waals surface area contributed by atoms with Crippen molar-refractivity contribution in [1.82, 2.24) is 4.98 Å². The first-order chi connectivity index (χ1) is 6.77. The van der Waals surface area contributed by atoms with Gasteiger partial charge in [-0.2, -0.15) is 11.8 Å². The molecule has 0 aromatic carbocycles. The highest BCUT2D eigenvalue weighted by atomic mass is 79.9. The van der Waals surface area contributed by atoms with Gasteiger partial charge in [0.15, 0.2) is 0 Å². The second-order valence-electron chi connectivity index (χ2n) is 2.87. The summed E-state index contributed by atoms with van der Waals surface area (Å²) in [7, 11) is 0. The van der Waals surface area contributed by atoms with Gasteiger partial charge < -0.3 is 4.74 Å². The van der Waals surface area contributed by atoms with E-state index in [4.69, 9.17) is 4.74 Å². The predicted molar refractivity (Wildman–Crippen MR) is 65.5 cm³/mol. The minimum Gasteiger partial charge on any atom is -0.491 e. The summed E-state index contributed by atoms with van der Waals surface area (Å²) in [6.45, 7) is 2.73. The number of ether oxygens (including phenoxy) is 1. The first kappa shape index (κ1) is 11.9. The van der Waals surface area contributed by atoms with Gasteiger partial charge in [0.05, 0.1) is 12.3 Å². The molecular formula is C10H14BrNOS. The third kappa shape index (κ3) is 3.50. The summed E-state index contributed by atoms with van der Waals surface area (Å²) >= 11 is 5.18. The Morgan fingerprint density at radius 1 is 1.50 bits per heavy atom. The Hall–Kier alpha value is -0.220. The summed E-state index contributed by atoms with van der Waals surface area (Å²) in [5.41, 5.74) is 2.00. The van der Waals surface area contributed by atoms with Crippen molar-refractivity contribution >= 4 is 27.7 Å². The molecule has 0 aliphatic heterocycles. The molecule has 14 heavy (non-hydrogen) atoms. The molecule has 4 heteroatoms. The zero-order valence-corrected chi connectivity index (χ0v) is 10.8. The van der Waals surface area contributed by atoms with Crippen LogP contribution in [0.3, 0.4) is 0 Å². The smallest absolute Gasteiger partial charge is 0.141 e. The first-order valence-electron chi connectivity index (χ1n) is 4.42. The molecule has 0 bridgehead atoms. The van der Waals surface area contributed by atoms with E-state index < -0.39 is 0 Å². The molecule has 78 valence electrons. The van der Waals surface area contributed by atoms with E-state index in [2.05, 4.69) is 27.2 Å². The number of alkyl halides is 1. The zero-order chi connectivity index (χ0) is 10.4. The molecule has 1 aromatic heterocycles. The predicted octanol–water partition coefficient (Wildman–Crippen LogP) is 3.03. The molecule has 0 atom stereocenters. The molecule has 0 aliphatic rings. The topological polar surface area (TPSA) is 22.1 Å². The van der Waals surface area contributed by atoms with E-state index in [0.717, 1.165) is 34.8 Å². The summed E-state index contributed by atoms with van der Waals surface area (Å²) in [5, 5.41) is 0.739. The van der Waals surface area contributed by atoms with Gasteiger partial charge in [-0.05, 0) is 25.3 Å². The van der Waals surface area contributed by atoms with E-state index in [1.807, 2.05) is 19.1 Å². The van der Waals surface area contributed by atoms with Crippen LogP contribution in [0.15, 0.2) is 12.1 Å². The molecule has 1 aromatic rings. The van der Waals surface area contributed by atoms with Gasteiger partial charge in [0.25, 0.3) is 0 Å². The van der Waals surface area contributed by atoms with Crippen LogP contribution >= 0.6 is 27.7 Å². The van der Waals surface area contributed by atoms with Gasteiger partial charge in [0.2, 0.25) is 0 Å². The highest BCUT2D eigenvalue weighted by molar-refractivity contribution is 9.08. The van der Waals surface area contributed by atoms with Crippen molar-refractivity contribution in [2.45, 2.75) is 12.3 Å². The summed E-state index contributed by atoms with van der Waals surface area (Å²) in [5.74, 6) is 1.90. The standard InChI is InChI=1S/C10H14BrNOS/c1-8-3-4-10(9(7-11)12-8)13-5-6-14-2/h3-4H,5-7H2,1-2H3. The van der Waals surface area contributed by atoms with Crippen molar-refractivity contribution < 1.29 is 4.74 Å². The van der Waals surface area contributed by atoms with Gasteiger partial charge in [-0.15, -0.1) is 0 Å². The molecule has 0 fully saturated rings. The van der Waals surface area contributed by atoms with Gasteiger partial charge in [0, 0.05) is 16.8 Å². The summed E-state index contributed by atoms with van der Waals surface area (Å²) < 4.78 is 5.61. The number of nitrogens with zero attached hydrogens (tertiary/aromatic N) is 1. The number of aryl methyl sites for hydroxylation is 1. The van der Waals surface area contributed by atoms with Crippen molar-refractivity contribution in [3.63, 3.8) is 0 Å². The fourth-order valence-corrected chi connectivity index (χ4v) is 1.71. The minimum absolute atomic E-state index is 0.739. The van der Waals surface area contributed by atoms with E-state index >= 15 is 0 Å². The van der Waals surface area contributed by atoms with E-state index in [0.29, 0.717) is 0 Å². The number of aromatic nitrogens is 1. The summed E-state index contributed by atoms with van der Waals surface area (Å²) in [6.07, 6.45) is 2.07. The Morgan fingerprint density at radius 3 is 2.93 bits per heavy atom. The fraction of sp³-hybridized carbons (Fsp3) is 0.500. The maximum absolute atomic E-state index is 5.61. The summed E-state index contributed by atoms with van der Waals surface area (Å²) in [6, 6.07) is 3.96. The monoisotopic (exact) mass is 275 g/mol. The molecule has 2 nitrogen and oxygen atoms in total. The number of hydrogen-bond donors (Lipinski definition) is 0. The van der Waals surface area contributed by atoms with E-state index in [9.17, 15) is 0 Å². The zero-order valence-electron chi connectivity index (χ0n) is 8.42. The van der Waals surface area contributed by atoms with Crippen LogP contribution in [-0.2, 0) is 5.33 Å². The molecule has 1 rings (SSSR count). The normalized spacial score (nSPS) is 10.2. The third-order valence-electron chi connectivity index (χ3n) is 1.74. The second kappa shape index (κ2) is 6.30.